The highest BCUT2D eigenvalue weighted by molar-refractivity contribution is 7.17. The molecule has 3 aromatic heterocycles. The van der Waals surface area contributed by atoms with Crippen molar-refractivity contribution >= 4 is 22.9 Å². The van der Waals surface area contributed by atoms with Crippen LogP contribution < -0.4 is 10.5 Å². The molecule has 2 N–H and O–H groups in total. The topological polar surface area (TPSA) is 93.4 Å². The minimum atomic E-state index is -0.555. The zero-order valence-electron chi connectivity index (χ0n) is 15.0. The van der Waals surface area contributed by atoms with Crippen molar-refractivity contribution in [1.82, 2.24) is 9.38 Å². The van der Waals surface area contributed by atoms with Gasteiger partial charge in [0.15, 0.2) is 0 Å². The largest absolute Gasteiger partial charge is 0.484 e. The summed E-state index contributed by atoms with van der Waals surface area (Å²) in [6.07, 6.45) is 3.25. The van der Waals surface area contributed by atoms with E-state index in [4.69, 9.17) is 10.5 Å². The number of amides is 1. The van der Waals surface area contributed by atoms with Crippen LogP contribution in [0.15, 0.2) is 60.9 Å². The van der Waals surface area contributed by atoms with Crippen LogP contribution in [0.5, 0.6) is 5.75 Å². The summed E-state index contributed by atoms with van der Waals surface area (Å²) in [5.41, 5.74) is 8.53. The molecule has 0 aliphatic rings. The van der Waals surface area contributed by atoms with Gasteiger partial charge in [-0.25, -0.2) is 4.98 Å². The first-order valence-corrected chi connectivity index (χ1v) is 9.42. The van der Waals surface area contributed by atoms with Crippen molar-refractivity contribution in [2.24, 2.45) is 5.73 Å². The standard InChI is InChI=1S/C21H16N4O2S/c1-13(15-7-3-2-6-14(15)11-22)27-17-10-18(28-20(17)21(23)26)16-12-24-19-8-4-5-9-25(16)19/h2-10,12-13H,1H3,(H2,23,26). The normalized spacial score (nSPS) is 11.9. The Balaban J connectivity index is 1.74. The fourth-order valence-electron chi connectivity index (χ4n) is 3.08. The number of imidazole rings is 1. The minimum absolute atomic E-state index is 0.335. The van der Waals surface area contributed by atoms with E-state index < -0.39 is 12.0 Å². The molecule has 6 nitrogen and oxygen atoms in total. The molecular weight excluding hydrogens is 372 g/mol. The molecule has 1 atom stereocenters. The monoisotopic (exact) mass is 388 g/mol. The summed E-state index contributed by atoms with van der Waals surface area (Å²) in [5.74, 6) is -0.153. The molecule has 28 heavy (non-hydrogen) atoms. The predicted octanol–water partition coefficient (Wildman–Crippen LogP) is 4.17. The number of benzene rings is 1. The van der Waals surface area contributed by atoms with Gasteiger partial charge < -0.3 is 10.5 Å². The van der Waals surface area contributed by atoms with Gasteiger partial charge in [0.05, 0.1) is 28.4 Å². The maximum absolute atomic E-state index is 12.0. The second-order valence-corrected chi connectivity index (χ2v) is 7.25. The van der Waals surface area contributed by atoms with E-state index in [0.29, 0.717) is 16.2 Å². The highest BCUT2D eigenvalue weighted by Gasteiger charge is 2.21. The zero-order valence-corrected chi connectivity index (χ0v) is 15.8. The van der Waals surface area contributed by atoms with Crippen molar-refractivity contribution in [1.29, 1.82) is 5.26 Å². The second kappa shape index (κ2) is 7.18. The fraction of sp³-hybridized carbons (Fsp3) is 0.0952. The van der Waals surface area contributed by atoms with Crippen LogP contribution in [-0.2, 0) is 0 Å². The van der Waals surface area contributed by atoms with E-state index in [0.717, 1.165) is 21.8 Å². The van der Waals surface area contributed by atoms with Crippen LogP contribution in [0, 0.1) is 11.3 Å². The van der Waals surface area contributed by atoms with Crippen LogP contribution in [0.2, 0.25) is 0 Å². The highest BCUT2D eigenvalue weighted by Crippen LogP contribution is 2.38. The van der Waals surface area contributed by atoms with Crippen LogP contribution in [0.3, 0.4) is 0 Å². The zero-order chi connectivity index (χ0) is 19.7. The number of ether oxygens (including phenoxy) is 1. The Kier molecular flexibility index (Phi) is 4.55. The second-order valence-electron chi connectivity index (χ2n) is 6.20. The lowest BCUT2D eigenvalue weighted by atomic mass is 10.0. The molecule has 4 rings (SSSR count). The number of fused-ring (bicyclic) bond motifs is 1. The van der Waals surface area contributed by atoms with E-state index >= 15 is 0 Å². The van der Waals surface area contributed by atoms with Crippen molar-refractivity contribution in [2.75, 3.05) is 0 Å². The van der Waals surface area contributed by atoms with Gasteiger partial charge in [-0.15, -0.1) is 11.3 Å². The first-order valence-electron chi connectivity index (χ1n) is 8.60. The molecule has 0 radical (unpaired) electrons. The van der Waals surface area contributed by atoms with Crippen molar-refractivity contribution in [3.63, 3.8) is 0 Å². The average Bonchev–Trinajstić information content (AvgIpc) is 3.32. The number of nitriles is 1. The van der Waals surface area contributed by atoms with Gasteiger partial charge in [0.1, 0.15) is 22.4 Å². The Morgan fingerprint density at radius 2 is 2.07 bits per heavy atom. The van der Waals surface area contributed by atoms with Gasteiger partial charge in [0, 0.05) is 17.8 Å². The van der Waals surface area contributed by atoms with Crippen LogP contribution in [0.25, 0.3) is 16.2 Å². The molecule has 0 saturated carbocycles. The summed E-state index contributed by atoms with van der Waals surface area (Å²) in [6, 6.07) is 16.9. The number of nitrogens with zero attached hydrogens (tertiary/aromatic N) is 3. The Bertz CT molecular complexity index is 1220. The Labute approximate surface area is 165 Å². The molecular formula is C21H16N4O2S. The third kappa shape index (κ3) is 3.10. The molecule has 4 aromatic rings. The number of carbonyl (C=O) groups excluding carboxylic acids is 1. The summed E-state index contributed by atoms with van der Waals surface area (Å²) >= 11 is 1.26. The quantitative estimate of drug-likeness (QED) is 0.555. The lowest BCUT2D eigenvalue weighted by Gasteiger charge is -2.15. The number of pyridine rings is 1. The third-order valence-corrected chi connectivity index (χ3v) is 5.57. The minimum Gasteiger partial charge on any atom is -0.484 e. The molecule has 1 unspecified atom stereocenters. The van der Waals surface area contributed by atoms with Crippen LogP contribution in [0.4, 0.5) is 0 Å². The molecule has 3 heterocycles. The first kappa shape index (κ1) is 17.8. The predicted molar refractivity (Wildman–Crippen MR) is 107 cm³/mol. The van der Waals surface area contributed by atoms with Gasteiger partial charge in [0.2, 0.25) is 0 Å². The van der Waals surface area contributed by atoms with Gasteiger partial charge in [-0.05, 0) is 25.1 Å². The van der Waals surface area contributed by atoms with Gasteiger partial charge in [-0.1, -0.05) is 24.3 Å². The SMILES string of the molecule is CC(Oc1cc(-c2cnc3ccccn23)sc1C(N)=O)c1ccccc1C#N. The molecule has 0 spiro atoms. The third-order valence-electron chi connectivity index (χ3n) is 4.41. The van der Waals surface area contributed by atoms with E-state index in [-0.39, 0.29) is 0 Å². The molecule has 0 bridgehead atoms. The number of hydrogen-bond donors (Lipinski definition) is 1. The van der Waals surface area contributed by atoms with Gasteiger partial charge >= 0.3 is 0 Å². The smallest absolute Gasteiger partial charge is 0.262 e. The maximum Gasteiger partial charge on any atom is 0.262 e. The lowest BCUT2D eigenvalue weighted by molar-refractivity contribution is 0.0998. The van der Waals surface area contributed by atoms with Crippen molar-refractivity contribution in [2.45, 2.75) is 13.0 Å². The fourth-order valence-corrected chi connectivity index (χ4v) is 4.03. The van der Waals surface area contributed by atoms with Gasteiger partial charge in [-0.2, -0.15) is 5.26 Å². The molecule has 7 heteroatoms. The van der Waals surface area contributed by atoms with E-state index in [1.165, 1.54) is 11.3 Å². The first-order chi connectivity index (χ1) is 13.6. The number of nitrogens with two attached hydrogens (primary N) is 1. The average molecular weight is 388 g/mol. The Morgan fingerprint density at radius 1 is 1.29 bits per heavy atom. The van der Waals surface area contributed by atoms with Crippen molar-refractivity contribution in [3.05, 3.63) is 76.9 Å². The van der Waals surface area contributed by atoms with Gasteiger partial charge in [0.25, 0.3) is 5.91 Å². The number of carbonyl (C=O) groups is 1. The number of hydrogen-bond acceptors (Lipinski definition) is 5. The highest BCUT2D eigenvalue weighted by atomic mass is 32.1. The summed E-state index contributed by atoms with van der Waals surface area (Å²) in [6.45, 7) is 1.84. The number of thiophene rings is 1. The van der Waals surface area contributed by atoms with E-state index in [1.54, 1.807) is 24.4 Å². The maximum atomic E-state index is 12.0. The van der Waals surface area contributed by atoms with Crippen LogP contribution in [-0.4, -0.2) is 15.3 Å². The van der Waals surface area contributed by atoms with E-state index in [9.17, 15) is 10.1 Å². The number of aromatic nitrogens is 2. The molecule has 0 aliphatic heterocycles. The molecule has 0 fully saturated rings. The molecule has 0 saturated heterocycles. The number of rotatable bonds is 5. The molecule has 1 amide bonds. The Hall–Kier alpha value is -3.63. The van der Waals surface area contributed by atoms with Crippen LogP contribution >= 0.6 is 11.3 Å². The Morgan fingerprint density at radius 3 is 2.86 bits per heavy atom. The van der Waals surface area contributed by atoms with Crippen molar-refractivity contribution < 1.29 is 9.53 Å². The van der Waals surface area contributed by atoms with Gasteiger partial charge in [-0.3, -0.25) is 9.20 Å². The van der Waals surface area contributed by atoms with Crippen molar-refractivity contribution in [3.8, 4) is 22.4 Å². The lowest BCUT2D eigenvalue weighted by Crippen LogP contribution is -2.12. The van der Waals surface area contributed by atoms with E-state index in [2.05, 4.69) is 11.1 Å². The molecule has 1 aromatic carbocycles. The molecule has 0 aliphatic carbocycles. The summed E-state index contributed by atoms with van der Waals surface area (Å²) in [4.78, 5) is 17.5. The summed E-state index contributed by atoms with van der Waals surface area (Å²) in [7, 11) is 0. The summed E-state index contributed by atoms with van der Waals surface area (Å²) < 4.78 is 7.99. The number of primary amides is 1. The summed E-state index contributed by atoms with van der Waals surface area (Å²) in [5, 5.41) is 9.32. The molecule has 138 valence electrons. The van der Waals surface area contributed by atoms with Crippen LogP contribution in [0.1, 0.15) is 33.8 Å². The van der Waals surface area contributed by atoms with E-state index in [1.807, 2.05) is 47.9 Å².